The number of ether oxygens (including phenoxy) is 2. The number of esters is 2. The van der Waals surface area contributed by atoms with Crippen molar-refractivity contribution in [1.29, 1.82) is 0 Å². The van der Waals surface area contributed by atoms with Gasteiger partial charge in [-0.15, -0.1) is 0 Å². The van der Waals surface area contributed by atoms with Crippen molar-refractivity contribution in [2.24, 2.45) is 22.2 Å². The van der Waals surface area contributed by atoms with E-state index in [1.807, 2.05) is 0 Å². The van der Waals surface area contributed by atoms with Gasteiger partial charge in [-0.3, -0.25) is 9.59 Å². The average Bonchev–Trinajstić information content (AvgIpc) is 3.04. The van der Waals surface area contributed by atoms with Gasteiger partial charge in [0.15, 0.2) is 0 Å². The Labute approximate surface area is 294 Å². The third-order valence-corrected chi connectivity index (χ3v) is 11.9. The maximum Gasteiger partial charge on any atom is 0.305 e. The lowest BCUT2D eigenvalue weighted by Gasteiger charge is -2.67. The van der Waals surface area contributed by atoms with Gasteiger partial charge in [-0.05, 0) is 145 Å². The fourth-order valence-corrected chi connectivity index (χ4v) is 10.1. The summed E-state index contributed by atoms with van der Waals surface area (Å²) in [6, 6.07) is 0. The van der Waals surface area contributed by atoms with Crippen molar-refractivity contribution in [3.8, 4) is 0 Å². The number of carbonyl (C=O) groups excluding carboxylic acids is 2. The Hall–Kier alpha value is -1.66. The van der Waals surface area contributed by atoms with Crippen molar-refractivity contribution in [2.75, 3.05) is 39.5 Å². The van der Waals surface area contributed by atoms with Crippen LogP contribution < -0.4 is 0 Å². The highest BCUT2D eigenvalue weighted by atomic mass is 16.5. The summed E-state index contributed by atoms with van der Waals surface area (Å²) in [6.45, 7) is 10.8. The quantitative estimate of drug-likeness (QED) is 0.0507. The molecule has 4 saturated carbocycles. The number of allylic oxidation sites excluding steroid dienone is 4. The summed E-state index contributed by atoms with van der Waals surface area (Å²) in [5.41, 5.74) is 0.551. The molecule has 0 radical (unpaired) electrons. The highest BCUT2D eigenvalue weighted by Gasteiger charge is 2.62. The smallest absolute Gasteiger partial charge is 0.305 e. The van der Waals surface area contributed by atoms with E-state index >= 15 is 0 Å². The van der Waals surface area contributed by atoms with Gasteiger partial charge >= 0.3 is 11.9 Å². The third kappa shape index (κ3) is 14.3. The van der Waals surface area contributed by atoms with Crippen molar-refractivity contribution in [3.05, 3.63) is 24.3 Å². The van der Waals surface area contributed by atoms with Gasteiger partial charge in [-0.25, -0.2) is 0 Å². The van der Waals surface area contributed by atoms with Crippen molar-refractivity contribution in [1.82, 2.24) is 4.90 Å². The molecule has 6 nitrogen and oxygen atoms in total. The lowest BCUT2D eigenvalue weighted by molar-refractivity contribution is -0.180. The fourth-order valence-electron chi connectivity index (χ4n) is 10.1. The predicted octanol–water partition coefficient (Wildman–Crippen LogP) is 10.1. The predicted molar refractivity (Wildman–Crippen MR) is 198 cm³/mol. The number of hydrogen-bond acceptors (Lipinski definition) is 6. The molecule has 4 bridgehead atoms. The van der Waals surface area contributed by atoms with Crippen LogP contribution in [0.25, 0.3) is 0 Å². The Morgan fingerprint density at radius 2 is 1.17 bits per heavy atom. The molecule has 0 amide bonds. The molecule has 0 saturated heterocycles. The lowest BCUT2D eigenvalue weighted by Crippen LogP contribution is -2.57. The molecule has 0 spiro atoms. The van der Waals surface area contributed by atoms with Crippen LogP contribution in [-0.2, 0) is 19.1 Å². The van der Waals surface area contributed by atoms with E-state index in [2.05, 4.69) is 50.0 Å². The summed E-state index contributed by atoms with van der Waals surface area (Å²) in [5, 5.41) is 10.0. The van der Waals surface area contributed by atoms with Gasteiger partial charge in [0.2, 0.25) is 0 Å². The normalized spacial score (nSPS) is 26.3. The Kier molecular flexibility index (Phi) is 18.9. The number of nitrogens with zero attached hydrogens (tertiary/aromatic N) is 1. The topological polar surface area (TPSA) is 76.1 Å². The number of aliphatic hydroxyl groups is 1. The van der Waals surface area contributed by atoms with Gasteiger partial charge in [0.25, 0.3) is 0 Å². The third-order valence-electron chi connectivity index (χ3n) is 11.9. The average molecular weight is 672 g/mol. The van der Waals surface area contributed by atoms with E-state index in [1.54, 1.807) is 0 Å². The second-order valence-corrected chi connectivity index (χ2v) is 16.0. The highest BCUT2D eigenvalue weighted by Crippen LogP contribution is 2.72. The first-order chi connectivity index (χ1) is 23.3. The Bertz CT molecular complexity index is 975. The van der Waals surface area contributed by atoms with Gasteiger partial charge in [0.05, 0.1) is 13.2 Å². The molecule has 4 aliphatic carbocycles. The minimum atomic E-state index is -0.0670. The van der Waals surface area contributed by atoms with Crippen LogP contribution in [0.4, 0.5) is 0 Å². The van der Waals surface area contributed by atoms with E-state index in [0.717, 1.165) is 90.3 Å². The minimum absolute atomic E-state index is 0.0434. The molecule has 4 atom stereocenters. The number of unbranched alkanes of at least 4 members (excludes halogenated alkanes) is 8. The molecule has 6 heteroatoms. The van der Waals surface area contributed by atoms with E-state index < -0.39 is 0 Å². The number of hydrogen-bond donors (Lipinski definition) is 1. The first-order valence-corrected chi connectivity index (χ1v) is 20.3. The molecule has 1 N–H and O–H groups in total. The van der Waals surface area contributed by atoms with E-state index in [0.29, 0.717) is 32.0 Å². The zero-order valence-electron chi connectivity index (χ0n) is 31.4. The van der Waals surface area contributed by atoms with E-state index in [-0.39, 0.29) is 34.8 Å². The number of rotatable bonds is 28. The molecule has 48 heavy (non-hydrogen) atoms. The van der Waals surface area contributed by atoms with E-state index in [4.69, 9.17) is 9.47 Å². The molecule has 0 aromatic heterocycles. The maximum absolute atomic E-state index is 12.6. The summed E-state index contributed by atoms with van der Waals surface area (Å²) in [5.74, 6) is 0.557. The summed E-state index contributed by atoms with van der Waals surface area (Å²) >= 11 is 0. The molecule has 0 aromatic rings. The Morgan fingerprint density at radius 3 is 1.71 bits per heavy atom. The van der Waals surface area contributed by atoms with E-state index in [1.165, 1.54) is 64.2 Å². The van der Waals surface area contributed by atoms with Gasteiger partial charge in [0.1, 0.15) is 0 Å². The van der Waals surface area contributed by atoms with Crippen LogP contribution in [0.5, 0.6) is 0 Å². The molecule has 0 aliphatic heterocycles. The zero-order valence-corrected chi connectivity index (χ0v) is 31.4. The van der Waals surface area contributed by atoms with Crippen molar-refractivity contribution < 1.29 is 24.2 Å². The van der Waals surface area contributed by atoms with Crippen molar-refractivity contribution in [2.45, 2.75) is 168 Å². The van der Waals surface area contributed by atoms with E-state index in [9.17, 15) is 14.7 Å². The molecule has 4 aliphatic rings. The van der Waals surface area contributed by atoms with Crippen LogP contribution in [0.3, 0.4) is 0 Å². The van der Waals surface area contributed by atoms with Gasteiger partial charge in [-0.2, -0.15) is 0 Å². The van der Waals surface area contributed by atoms with Gasteiger partial charge in [-0.1, -0.05) is 77.2 Å². The molecule has 276 valence electrons. The second kappa shape index (κ2) is 22.2. The number of carbonyl (C=O) groups is 2. The van der Waals surface area contributed by atoms with Crippen LogP contribution in [-0.4, -0.2) is 61.4 Å². The largest absolute Gasteiger partial charge is 0.466 e. The summed E-state index contributed by atoms with van der Waals surface area (Å²) in [6.07, 6.45) is 33.9. The van der Waals surface area contributed by atoms with Crippen LogP contribution in [0.15, 0.2) is 24.3 Å². The number of aliphatic hydroxyl groups excluding tert-OH is 1. The molecule has 4 fully saturated rings. The maximum atomic E-state index is 12.6. The van der Waals surface area contributed by atoms with Crippen molar-refractivity contribution in [3.63, 3.8) is 0 Å². The van der Waals surface area contributed by atoms with Gasteiger partial charge < -0.3 is 19.5 Å². The summed E-state index contributed by atoms with van der Waals surface area (Å²) in [4.78, 5) is 27.5. The standard InChI is InChI=1S/C42H73NO5/c1-4-7-8-9-10-11-12-13-14-15-16-17-18-19-20-22-38(45)47-29-25-41-32-37-31-40(34-41,24-28-44)35-42(33-37,36-41)26-30-48-39(46)23-21-27-43(5-2)6-3/h10-11,13-14,37,44H,4-9,12,15-36H2,1-3H3/b11-10-,14-13-. The second-order valence-electron chi connectivity index (χ2n) is 16.0. The first-order valence-electron chi connectivity index (χ1n) is 20.3. The van der Waals surface area contributed by atoms with Crippen LogP contribution in [0.2, 0.25) is 0 Å². The fraction of sp³-hybridized carbons (Fsp3) is 0.857. The minimum Gasteiger partial charge on any atom is -0.466 e. The van der Waals surface area contributed by atoms with Crippen LogP contribution in [0.1, 0.15) is 168 Å². The molecule has 0 aromatic carbocycles. The first kappa shape index (κ1) is 40.8. The summed E-state index contributed by atoms with van der Waals surface area (Å²) < 4.78 is 11.6. The van der Waals surface area contributed by atoms with Crippen molar-refractivity contribution >= 4 is 11.9 Å². The SMILES string of the molecule is CCCCC/C=C\C/C=C\CCCCCCCC(=O)OCCC12CC3CC(CCO)(C1)CC(CCOC(=O)CCCN(CC)CC)(C3)C2. The highest BCUT2D eigenvalue weighted by molar-refractivity contribution is 5.69. The molecule has 4 unspecified atom stereocenters. The molecular formula is C42H73NO5. The summed E-state index contributed by atoms with van der Waals surface area (Å²) in [7, 11) is 0. The molecule has 4 rings (SSSR count). The lowest BCUT2D eigenvalue weighted by atomic mass is 9.38. The Balaban J connectivity index is 1.32. The van der Waals surface area contributed by atoms with Gasteiger partial charge in [0, 0.05) is 19.4 Å². The monoisotopic (exact) mass is 672 g/mol. The Morgan fingerprint density at radius 1 is 0.667 bits per heavy atom. The van der Waals surface area contributed by atoms with Crippen LogP contribution >= 0.6 is 0 Å². The zero-order chi connectivity index (χ0) is 34.6. The van der Waals surface area contributed by atoms with Crippen LogP contribution in [0, 0.1) is 22.2 Å². The molecular weight excluding hydrogens is 598 g/mol. The molecule has 0 heterocycles.